The summed E-state index contributed by atoms with van der Waals surface area (Å²) in [6.07, 6.45) is 1.67. The molecule has 0 aliphatic carbocycles. The number of carbonyl (C=O) groups is 1. The average Bonchev–Trinajstić information content (AvgIpc) is 2.11. The second-order valence-electron chi connectivity index (χ2n) is 2.93. The van der Waals surface area contributed by atoms with Gasteiger partial charge >= 0.3 is 0 Å². The maximum absolute atomic E-state index is 11.2. The van der Waals surface area contributed by atoms with Gasteiger partial charge in [0.25, 0.3) is 0 Å². The second kappa shape index (κ2) is 7.76. The van der Waals surface area contributed by atoms with Gasteiger partial charge in [-0.1, -0.05) is 6.08 Å². The number of nitrogens with one attached hydrogen (secondary N) is 2. The van der Waals surface area contributed by atoms with Gasteiger partial charge in [0, 0.05) is 19.6 Å². The van der Waals surface area contributed by atoms with Crippen LogP contribution in [0.3, 0.4) is 0 Å². The van der Waals surface area contributed by atoms with Crippen molar-refractivity contribution in [1.82, 2.24) is 15.5 Å². The van der Waals surface area contributed by atoms with Crippen molar-refractivity contribution in [3.05, 3.63) is 12.7 Å². The highest BCUT2D eigenvalue weighted by atomic mass is 16.1. The number of hydrogen-bond donors (Lipinski definition) is 2. The Morgan fingerprint density at radius 1 is 1.62 bits per heavy atom. The maximum Gasteiger partial charge on any atom is 0.234 e. The van der Waals surface area contributed by atoms with E-state index in [2.05, 4.69) is 17.2 Å². The Morgan fingerprint density at radius 3 is 2.85 bits per heavy atom. The van der Waals surface area contributed by atoms with E-state index in [0.717, 1.165) is 13.1 Å². The van der Waals surface area contributed by atoms with Crippen molar-refractivity contribution in [3.63, 3.8) is 0 Å². The Morgan fingerprint density at radius 2 is 2.31 bits per heavy atom. The average molecular weight is 185 g/mol. The normalized spacial score (nSPS) is 10.1. The van der Waals surface area contributed by atoms with E-state index in [1.165, 1.54) is 0 Å². The van der Waals surface area contributed by atoms with E-state index in [9.17, 15) is 4.79 Å². The van der Waals surface area contributed by atoms with Crippen molar-refractivity contribution in [1.29, 1.82) is 0 Å². The molecule has 0 radical (unpaired) electrons. The van der Waals surface area contributed by atoms with Crippen molar-refractivity contribution in [2.24, 2.45) is 0 Å². The van der Waals surface area contributed by atoms with Crippen LogP contribution >= 0.6 is 0 Å². The smallest absolute Gasteiger partial charge is 0.234 e. The van der Waals surface area contributed by atoms with Gasteiger partial charge in [0.1, 0.15) is 0 Å². The minimum atomic E-state index is 0.0403. The minimum absolute atomic E-state index is 0.0403. The lowest BCUT2D eigenvalue weighted by atomic mass is 10.4. The molecule has 0 saturated heterocycles. The van der Waals surface area contributed by atoms with Crippen molar-refractivity contribution in [2.45, 2.75) is 0 Å². The molecule has 0 atom stereocenters. The molecular weight excluding hydrogens is 166 g/mol. The number of hydrogen-bond acceptors (Lipinski definition) is 3. The third-order valence-electron chi connectivity index (χ3n) is 1.60. The molecule has 76 valence electrons. The topological polar surface area (TPSA) is 44.4 Å². The largest absolute Gasteiger partial charge is 0.352 e. The van der Waals surface area contributed by atoms with E-state index in [1.54, 1.807) is 6.08 Å². The molecule has 0 aliphatic rings. The molecule has 0 saturated carbocycles. The van der Waals surface area contributed by atoms with Crippen LogP contribution in [0.2, 0.25) is 0 Å². The van der Waals surface area contributed by atoms with Crippen LogP contribution in [0.25, 0.3) is 0 Å². The molecular formula is C9H19N3O. The minimum Gasteiger partial charge on any atom is -0.352 e. The van der Waals surface area contributed by atoms with Gasteiger partial charge in [0.05, 0.1) is 6.54 Å². The molecule has 0 heterocycles. The van der Waals surface area contributed by atoms with Crippen LogP contribution in [0.4, 0.5) is 0 Å². The highest BCUT2D eigenvalue weighted by Crippen LogP contribution is 1.80. The molecule has 0 unspecified atom stereocenters. The van der Waals surface area contributed by atoms with E-state index in [0.29, 0.717) is 13.1 Å². The summed E-state index contributed by atoms with van der Waals surface area (Å²) in [5, 5.41) is 5.75. The van der Waals surface area contributed by atoms with Gasteiger partial charge in [0.15, 0.2) is 0 Å². The summed E-state index contributed by atoms with van der Waals surface area (Å²) < 4.78 is 0. The summed E-state index contributed by atoms with van der Waals surface area (Å²) in [7, 11) is 3.82. The Kier molecular flexibility index (Phi) is 7.24. The Hall–Kier alpha value is -0.870. The standard InChI is InChI=1S/C9H19N3O/c1-4-5-11-9(13)8-12(3)7-6-10-2/h4,10H,1,5-8H2,2-3H3,(H,11,13). The van der Waals surface area contributed by atoms with E-state index < -0.39 is 0 Å². The quantitative estimate of drug-likeness (QED) is 0.523. The number of likely N-dealkylation sites (N-methyl/N-ethyl adjacent to an activating group) is 2. The molecule has 1 amide bonds. The van der Waals surface area contributed by atoms with Crippen LogP contribution in [0.5, 0.6) is 0 Å². The fraction of sp³-hybridized carbons (Fsp3) is 0.667. The third kappa shape index (κ3) is 7.49. The molecule has 0 aromatic carbocycles. The first-order valence-electron chi connectivity index (χ1n) is 4.41. The summed E-state index contributed by atoms with van der Waals surface area (Å²) in [4.78, 5) is 13.1. The fourth-order valence-electron chi connectivity index (χ4n) is 0.869. The van der Waals surface area contributed by atoms with Gasteiger partial charge in [-0.2, -0.15) is 0 Å². The molecule has 2 N–H and O–H groups in total. The predicted molar refractivity (Wildman–Crippen MR) is 54.6 cm³/mol. The van der Waals surface area contributed by atoms with Gasteiger partial charge in [-0.3, -0.25) is 9.69 Å². The Labute approximate surface area is 80.0 Å². The van der Waals surface area contributed by atoms with Crippen LogP contribution in [-0.4, -0.2) is 51.1 Å². The molecule has 4 nitrogen and oxygen atoms in total. The molecule has 0 bridgehead atoms. The molecule has 0 aromatic heterocycles. The van der Waals surface area contributed by atoms with Gasteiger partial charge in [-0.05, 0) is 14.1 Å². The molecule has 0 aliphatic heterocycles. The first kappa shape index (κ1) is 12.1. The van der Waals surface area contributed by atoms with E-state index in [-0.39, 0.29) is 5.91 Å². The Balaban J connectivity index is 3.46. The zero-order valence-corrected chi connectivity index (χ0v) is 8.47. The molecule has 0 spiro atoms. The monoisotopic (exact) mass is 185 g/mol. The van der Waals surface area contributed by atoms with Crippen molar-refractivity contribution in [2.75, 3.05) is 40.3 Å². The third-order valence-corrected chi connectivity index (χ3v) is 1.60. The highest BCUT2D eigenvalue weighted by molar-refractivity contribution is 5.78. The number of carbonyl (C=O) groups excluding carboxylic acids is 1. The maximum atomic E-state index is 11.2. The van der Waals surface area contributed by atoms with E-state index >= 15 is 0 Å². The number of amides is 1. The van der Waals surface area contributed by atoms with Crippen LogP contribution < -0.4 is 10.6 Å². The summed E-state index contributed by atoms with van der Waals surface area (Å²) in [5.74, 6) is 0.0403. The first-order chi connectivity index (χ1) is 6.20. The first-order valence-corrected chi connectivity index (χ1v) is 4.41. The van der Waals surface area contributed by atoms with Crippen LogP contribution in [-0.2, 0) is 4.79 Å². The summed E-state index contributed by atoms with van der Waals surface area (Å²) in [6, 6.07) is 0. The molecule has 0 aromatic rings. The number of rotatable bonds is 7. The lowest BCUT2D eigenvalue weighted by molar-refractivity contribution is -0.121. The zero-order chi connectivity index (χ0) is 10.1. The summed E-state index contributed by atoms with van der Waals surface area (Å²) in [5.41, 5.74) is 0. The zero-order valence-electron chi connectivity index (χ0n) is 8.47. The lowest BCUT2D eigenvalue weighted by Gasteiger charge is -2.15. The fourth-order valence-corrected chi connectivity index (χ4v) is 0.869. The van der Waals surface area contributed by atoms with E-state index in [4.69, 9.17) is 0 Å². The summed E-state index contributed by atoms with van der Waals surface area (Å²) >= 11 is 0. The van der Waals surface area contributed by atoms with Crippen LogP contribution in [0.1, 0.15) is 0 Å². The number of nitrogens with zero attached hydrogens (tertiary/aromatic N) is 1. The molecule has 0 rings (SSSR count). The summed E-state index contributed by atoms with van der Waals surface area (Å²) in [6.45, 7) is 6.27. The molecule has 13 heavy (non-hydrogen) atoms. The van der Waals surface area contributed by atoms with Crippen LogP contribution in [0, 0.1) is 0 Å². The van der Waals surface area contributed by atoms with Gasteiger partial charge < -0.3 is 10.6 Å². The van der Waals surface area contributed by atoms with Crippen molar-refractivity contribution in [3.8, 4) is 0 Å². The van der Waals surface area contributed by atoms with Gasteiger partial charge in [0.2, 0.25) is 5.91 Å². The SMILES string of the molecule is C=CCNC(=O)CN(C)CCNC. The van der Waals surface area contributed by atoms with E-state index in [1.807, 2.05) is 19.0 Å². The van der Waals surface area contributed by atoms with Crippen molar-refractivity contribution < 1.29 is 4.79 Å². The lowest BCUT2D eigenvalue weighted by Crippen LogP contribution is -2.37. The Bertz CT molecular complexity index is 159. The van der Waals surface area contributed by atoms with Crippen molar-refractivity contribution >= 4 is 5.91 Å². The molecule has 4 heteroatoms. The molecule has 0 fully saturated rings. The van der Waals surface area contributed by atoms with Gasteiger partial charge in [-0.25, -0.2) is 0 Å². The highest BCUT2D eigenvalue weighted by Gasteiger charge is 2.03. The van der Waals surface area contributed by atoms with Gasteiger partial charge in [-0.15, -0.1) is 6.58 Å². The van der Waals surface area contributed by atoms with Crippen LogP contribution in [0.15, 0.2) is 12.7 Å². The predicted octanol–water partition coefficient (Wildman–Crippen LogP) is -0.560. The second-order valence-corrected chi connectivity index (χ2v) is 2.93.